The second kappa shape index (κ2) is 10.8. The summed E-state index contributed by atoms with van der Waals surface area (Å²) in [5, 5.41) is 3.48. The number of benzene rings is 2. The Hall–Kier alpha value is -2.02. The first-order chi connectivity index (χ1) is 14.5. The van der Waals surface area contributed by atoms with E-state index < -0.39 is 0 Å². The summed E-state index contributed by atoms with van der Waals surface area (Å²) in [7, 11) is 0. The first-order valence-corrected chi connectivity index (χ1v) is 11.5. The zero-order chi connectivity index (χ0) is 21.5. The van der Waals surface area contributed by atoms with E-state index in [9.17, 15) is 9.59 Å². The van der Waals surface area contributed by atoms with E-state index in [1.165, 1.54) is 11.8 Å². The fraction of sp³-hybridized carbons (Fsp3) is 0.391. The molecule has 1 heterocycles. The normalized spacial score (nSPS) is 15.6. The van der Waals surface area contributed by atoms with Crippen LogP contribution in [-0.4, -0.2) is 59.6 Å². The van der Waals surface area contributed by atoms with Crippen molar-refractivity contribution in [3.05, 3.63) is 59.1 Å². The van der Waals surface area contributed by atoms with Gasteiger partial charge < -0.3 is 10.2 Å². The van der Waals surface area contributed by atoms with E-state index >= 15 is 0 Å². The first kappa shape index (κ1) is 22.7. The van der Waals surface area contributed by atoms with Gasteiger partial charge >= 0.3 is 0 Å². The molecule has 30 heavy (non-hydrogen) atoms. The van der Waals surface area contributed by atoms with Crippen LogP contribution in [0.1, 0.15) is 19.4 Å². The van der Waals surface area contributed by atoms with Crippen LogP contribution in [0.3, 0.4) is 0 Å². The monoisotopic (exact) mass is 445 g/mol. The molecule has 2 aromatic rings. The maximum atomic E-state index is 12.8. The van der Waals surface area contributed by atoms with Crippen LogP contribution in [0.15, 0.2) is 53.4 Å². The summed E-state index contributed by atoms with van der Waals surface area (Å²) >= 11 is 7.70. The zero-order valence-electron chi connectivity index (χ0n) is 17.4. The number of hydrogen-bond acceptors (Lipinski definition) is 4. The minimum absolute atomic E-state index is 0.0154. The fourth-order valence-electron chi connectivity index (χ4n) is 3.51. The molecule has 1 N–H and O–H groups in total. The fourth-order valence-corrected chi connectivity index (χ4v) is 4.75. The molecule has 0 spiro atoms. The highest BCUT2D eigenvalue weighted by Gasteiger charge is 2.26. The van der Waals surface area contributed by atoms with E-state index in [0.29, 0.717) is 37.7 Å². The van der Waals surface area contributed by atoms with Gasteiger partial charge in [0.15, 0.2) is 0 Å². The van der Waals surface area contributed by atoms with Crippen LogP contribution in [0.4, 0.5) is 5.69 Å². The lowest BCUT2D eigenvalue weighted by atomic mass is 10.1. The number of anilines is 1. The van der Waals surface area contributed by atoms with E-state index in [2.05, 4.69) is 17.1 Å². The molecule has 1 fully saturated rings. The maximum absolute atomic E-state index is 12.8. The molecule has 2 amide bonds. The second-order valence-corrected chi connectivity index (χ2v) is 9.14. The van der Waals surface area contributed by atoms with Gasteiger partial charge in [-0.15, -0.1) is 11.8 Å². The highest BCUT2D eigenvalue weighted by atomic mass is 35.5. The number of nitrogens with one attached hydrogen (secondary N) is 1. The van der Waals surface area contributed by atoms with Crippen LogP contribution in [0.5, 0.6) is 0 Å². The minimum Gasteiger partial charge on any atom is -0.339 e. The summed E-state index contributed by atoms with van der Waals surface area (Å²) in [4.78, 5) is 30.2. The lowest BCUT2D eigenvalue weighted by molar-refractivity contribution is -0.132. The summed E-state index contributed by atoms with van der Waals surface area (Å²) < 4.78 is 0. The zero-order valence-corrected chi connectivity index (χ0v) is 19.0. The molecule has 0 radical (unpaired) electrons. The molecule has 1 aliphatic rings. The van der Waals surface area contributed by atoms with Crippen molar-refractivity contribution in [3.8, 4) is 0 Å². The standard InChI is InChI=1S/C23H28ClN3O2S/c1-3-18-8-4-6-10-20(18)25-22(28)16-26-12-14-27(15-13-26)23(29)17(2)30-21-11-7-5-9-19(21)24/h4-11,17H,3,12-16H2,1-2H3,(H,25,28). The van der Waals surface area contributed by atoms with E-state index in [0.717, 1.165) is 22.6 Å². The quantitative estimate of drug-likeness (QED) is 0.650. The van der Waals surface area contributed by atoms with Gasteiger partial charge in [0.05, 0.1) is 16.8 Å². The molecule has 1 aliphatic heterocycles. The number of halogens is 1. The van der Waals surface area contributed by atoms with Crippen molar-refractivity contribution in [2.75, 3.05) is 38.0 Å². The van der Waals surface area contributed by atoms with E-state index in [4.69, 9.17) is 11.6 Å². The minimum atomic E-state index is -0.203. The van der Waals surface area contributed by atoms with Crippen molar-refractivity contribution in [2.24, 2.45) is 0 Å². The highest BCUT2D eigenvalue weighted by Crippen LogP contribution is 2.30. The van der Waals surface area contributed by atoms with Gasteiger partial charge in [0.2, 0.25) is 11.8 Å². The van der Waals surface area contributed by atoms with Gasteiger partial charge in [-0.05, 0) is 37.1 Å². The average molecular weight is 446 g/mol. The van der Waals surface area contributed by atoms with Crippen molar-refractivity contribution >= 4 is 40.9 Å². The molecule has 0 bridgehead atoms. The van der Waals surface area contributed by atoms with Crippen molar-refractivity contribution in [3.63, 3.8) is 0 Å². The molecule has 0 aliphatic carbocycles. The molecule has 0 saturated carbocycles. The van der Waals surface area contributed by atoms with Gasteiger partial charge in [0.1, 0.15) is 0 Å². The summed E-state index contributed by atoms with van der Waals surface area (Å²) in [6, 6.07) is 15.5. The lowest BCUT2D eigenvalue weighted by Gasteiger charge is -2.35. The van der Waals surface area contributed by atoms with E-state index in [1.807, 2.05) is 60.4 Å². The predicted octanol–water partition coefficient (Wildman–Crippen LogP) is 4.17. The van der Waals surface area contributed by atoms with Gasteiger partial charge in [0.25, 0.3) is 0 Å². The lowest BCUT2D eigenvalue weighted by Crippen LogP contribution is -2.52. The molecule has 1 unspecified atom stereocenters. The van der Waals surface area contributed by atoms with Gasteiger partial charge in [-0.1, -0.05) is 48.9 Å². The van der Waals surface area contributed by atoms with Crippen LogP contribution in [0, 0.1) is 0 Å². The Morgan fingerprint density at radius 2 is 1.73 bits per heavy atom. The number of carbonyl (C=O) groups excluding carboxylic acids is 2. The number of piperazine rings is 1. The van der Waals surface area contributed by atoms with Crippen molar-refractivity contribution in [1.82, 2.24) is 9.80 Å². The third-order valence-corrected chi connectivity index (χ3v) is 6.82. The largest absolute Gasteiger partial charge is 0.339 e. The molecule has 3 rings (SSSR count). The first-order valence-electron chi connectivity index (χ1n) is 10.3. The summed E-state index contributed by atoms with van der Waals surface area (Å²) in [5.74, 6) is 0.0965. The van der Waals surface area contributed by atoms with Gasteiger partial charge in [0, 0.05) is 36.8 Å². The van der Waals surface area contributed by atoms with Gasteiger partial charge in [-0.3, -0.25) is 14.5 Å². The molecule has 0 aromatic heterocycles. The number of rotatable bonds is 7. The SMILES string of the molecule is CCc1ccccc1NC(=O)CN1CCN(C(=O)C(C)Sc2ccccc2Cl)CC1. The van der Waals surface area contributed by atoms with Crippen molar-refractivity contribution in [1.29, 1.82) is 0 Å². The number of hydrogen-bond donors (Lipinski definition) is 1. The van der Waals surface area contributed by atoms with Crippen molar-refractivity contribution < 1.29 is 9.59 Å². The number of thioether (sulfide) groups is 1. The van der Waals surface area contributed by atoms with Gasteiger partial charge in [-0.2, -0.15) is 0 Å². The summed E-state index contributed by atoms with van der Waals surface area (Å²) in [6.45, 7) is 6.98. The highest BCUT2D eigenvalue weighted by molar-refractivity contribution is 8.00. The number of amides is 2. The molecular formula is C23H28ClN3O2S. The van der Waals surface area contributed by atoms with Crippen LogP contribution >= 0.6 is 23.4 Å². The third-order valence-electron chi connectivity index (χ3n) is 5.21. The maximum Gasteiger partial charge on any atom is 0.238 e. The summed E-state index contributed by atoms with van der Waals surface area (Å²) in [5.41, 5.74) is 2.01. The Morgan fingerprint density at radius 1 is 1.07 bits per heavy atom. The van der Waals surface area contributed by atoms with Crippen LogP contribution < -0.4 is 5.32 Å². The summed E-state index contributed by atoms with van der Waals surface area (Å²) in [6.07, 6.45) is 0.877. The molecule has 2 aromatic carbocycles. The second-order valence-electron chi connectivity index (χ2n) is 7.35. The van der Waals surface area contributed by atoms with Crippen LogP contribution in [0.2, 0.25) is 5.02 Å². The smallest absolute Gasteiger partial charge is 0.238 e. The van der Waals surface area contributed by atoms with Gasteiger partial charge in [-0.25, -0.2) is 0 Å². The Morgan fingerprint density at radius 3 is 2.43 bits per heavy atom. The number of carbonyl (C=O) groups is 2. The van der Waals surface area contributed by atoms with E-state index in [1.54, 1.807) is 0 Å². The number of aryl methyl sites for hydroxylation is 1. The predicted molar refractivity (Wildman–Crippen MR) is 124 cm³/mol. The molecule has 160 valence electrons. The Labute approximate surface area is 187 Å². The topological polar surface area (TPSA) is 52.7 Å². The van der Waals surface area contributed by atoms with Crippen LogP contribution in [-0.2, 0) is 16.0 Å². The Balaban J connectivity index is 1.46. The molecule has 1 saturated heterocycles. The Bertz CT molecular complexity index is 884. The van der Waals surface area contributed by atoms with E-state index in [-0.39, 0.29) is 17.1 Å². The third kappa shape index (κ3) is 6.00. The molecule has 1 atom stereocenters. The molecule has 5 nitrogen and oxygen atoms in total. The molecule has 7 heteroatoms. The number of para-hydroxylation sites is 1. The van der Waals surface area contributed by atoms with Crippen molar-refractivity contribution in [2.45, 2.75) is 30.4 Å². The molecular weight excluding hydrogens is 418 g/mol. The van der Waals surface area contributed by atoms with Crippen LogP contribution in [0.25, 0.3) is 0 Å². The number of nitrogens with zero attached hydrogens (tertiary/aromatic N) is 2. The Kier molecular flexibility index (Phi) is 8.19. The average Bonchev–Trinajstić information content (AvgIpc) is 2.75.